The van der Waals surface area contributed by atoms with E-state index in [9.17, 15) is 4.79 Å². The lowest BCUT2D eigenvalue weighted by atomic mass is 9.96. The molecule has 3 aromatic rings. The van der Waals surface area contributed by atoms with Crippen molar-refractivity contribution >= 4 is 46.0 Å². The van der Waals surface area contributed by atoms with E-state index in [4.69, 9.17) is 16.1 Å². The van der Waals surface area contributed by atoms with Crippen molar-refractivity contribution in [2.45, 2.75) is 39.0 Å². The highest BCUT2D eigenvalue weighted by molar-refractivity contribution is 7.00. The van der Waals surface area contributed by atoms with Crippen LogP contribution in [0.3, 0.4) is 0 Å². The van der Waals surface area contributed by atoms with Crippen LogP contribution in [0.4, 0.5) is 5.69 Å². The monoisotopic (exact) mass is 365 g/mol. The zero-order valence-corrected chi connectivity index (χ0v) is 15.0. The van der Waals surface area contributed by atoms with E-state index in [1.165, 1.54) is 0 Å². The Labute approximate surface area is 147 Å². The molecular formula is C15H16ClN5O2S. The van der Waals surface area contributed by atoms with Gasteiger partial charge in [0.05, 0.1) is 22.4 Å². The minimum Gasteiger partial charge on any atom is -0.339 e. The summed E-state index contributed by atoms with van der Waals surface area (Å²) in [6.45, 7) is 6.00. The van der Waals surface area contributed by atoms with Gasteiger partial charge < -0.3 is 9.84 Å². The van der Waals surface area contributed by atoms with E-state index < -0.39 is 0 Å². The van der Waals surface area contributed by atoms with Crippen molar-refractivity contribution in [3.05, 3.63) is 28.9 Å². The minimum atomic E-state index is -0.201. The minimum absolute atomic E-state index is 0.190. The summed E-state index contributed by atoms with van der Waals surface area (Å²) < 4.78 is 13.5. The third-order valence-corrected chi connectivity index (χ3v) is 4.20. The van der Waals surface area contributed by atoms with Gasteiger partial charge in [0, 0.05) is 18.3 Å². The standard InChI is InChI=1S/C15H16ClN5O2S/c1-15(2,3)14-18-11(23-19-14)7-6-10(22)17-12-8(16)4-5-9-13(12)21-24-20-9/h4-5H,6-7H2,1-3H3,(H,17,22). The SMILES string of the molecule is CC(C)(C)c1noc(CCC(=O)Nc2c(Cl)ccc3nsnc23)n1. The van der Waals surface area contributed by atoms with E-state index in [0.717, 1.165) is 11.7 Å². The third-order valence-electron chi connectivity index (χ3n) is 3.35. The molecule has 0 bridgehead atoms. The van der Waals surface area contributed by atoms with Gasteiger partial charge in [-0.2, -0.15) is 13.7 Å². The molecule has 0 aliphatic heterocycles. The Morgan fingerprint density at radius 2 is 2.12 bits per heavy atom. The molecule has 0 fully saturated rings. The Kier molecular flexibility index (Phi) is 4.51. The molecule has 1 aromatic carbocycles. The topological polar surface area (TPSA) is 93.8 Å². The average molecular weight is 366 g/mol. The molecule has 0 spiro atoms. The van der Waals surface area contributed by atoms with Crippen LogP contribution in [0.5, 0.6) is 0 Å². The molecule has 0 radical (unpaired) electrons. The molecule has 9 heteroatoms. The zero-order valence-electron chi connectivity index (χ0n) is 13.5. The molecule has 1 amide bonds. The van der Waals surface area contributed by atoms with Gasteiger partial charge in [0.25, 0.3) is 0 Å². The molecule has 2 aromatic heterocycles. The maximum Gasteiger partial charge on any atom is 0.227 e. The number of carbonyl (C=O) groups excluding carboxylic acids is 1. The van der Waals surface area contributed by atoms with E-state index in [-0.39, 0.29) is 17.7 Å². The van der Waals surface area contributed by atoms with Crippen LogP contribution in [0.2, 0.25) is 5.02 Å². The van der Waals surface area contributed by atoms with Gasteiger partial charge in [0.15, 0.2) is 5.82 Å². The summed E-state index contributed by atoms with van der Waals surface area (Å²) in [4.78, 5) is 16.5. The number of hydrogen-bond donors (Lipinski definition) is 1. The molecule has 0 saturated heterocycles. The molecule has 0 saturated carbocycles. The molecule has 24 heavy (non-hydrogen) atoms. The summed E-state index contributed by atoms with van der Waals surface area (Å²) >= 11 is 7.23. The fourth-order valence-electron chi connectivity index (χ4n) is 2.03. The molecule has 1 N–H and O–H groups in total. The van der Waals surface area contributed by atoms with Crippen LogP contribution in [0.15, 0.2) is 16.7 Å². The number of aryl methyl sites for hydroxylation is 1. The van der Waals surface area contributed by atoms with Crippen molar-refractivity contribution in [3.8, 4) is 0 Å². The van der Waals surface area contributed by atoms with Crippen LogP contribution in [0.1, 0.15) is 38.9 Å². The Bertz CT molecular complexity index is 883. The number of aromatic nitrogens is 4. The van der Waals surface area contributed by atoms with Gasteiger partial charge in [-0.25, -0.2) is 0 Å². The number of benzene rings is 1. The first-order valence-electron chi connectivity index (χ1n) is 7.38. The third kappa shape index (κ3) is 3.54. The lowest BCUT2D eigenvalue weighted by Gasteiger charge is -2.10. The smallest absolute Gasteiger partial charge is 0.227 e. The molecule has 0 atom stereocenters. The molecule has 3 rings (SSSR count). The van der Waals surface area contributed by atoms with E-state index in [1.54, 1.807) is 12.1 Å². The maximum absolute atomic E-state index is 12.2. The van der Waals surface area contributed by atoms with Crippen LogP contribution >= 0.6 is 23.3 Å². The van der Waals surface area contributed by atoms with Crippen molar-refractivity contribution < 1.29 is 9.32 Å². The molecule has 126 valence electrons. The quantitative estimate of drug-likeness (QED) is 0.759. The average Bonchev–Trinajstić information content (AvgIpc) is 3.16. The Balaban J connectivity index is 1.66. The van der Waals surface area contributed by atoms with E-state index in [1.807, 2.05) is 20.8 Å². The van der Waals surface area contributed by atoms with Crippen LogP contribution in [0.25, 0.3) is 11.0 Å². The predicted octanol–water partition coefficient (Wildman–Crippen LogP) is 3.60. The molecule has 0 aliphatic rings. The van der Waals surface area contributed by atoms with Gasteiger partial charge in [-0.3, -0.25) is 4.79 Å². The first-order chi connectivity index (χ1) is 11.3. The number of halogens is 1. The number of hydrogen-bond acceptors (Lipinski definition) is 7. The summed E-state index contributed by atoms with van der Waals surface area (Å²) in [6.07, 6.45) is 0.563. The predicted molar refractivity (Wildman–Crippen MR) is 92.4 cm³/mol. The summed E-state index contributed by atoms with van der Waals surface area (Å²) in [7, 11) is 0. The Hall–Kier alpha value is -2.06. The van der Waals surface area contributed by atoms with Gasteiger partial charge in [0.1, 0.15) is 11.0 Å². The molecule has 0 aliphatic carbocycles. The lowest BCUT2D eigenvalue weighted by Crippen LogP contribution is -2.14. The second-order valence-corrected chi connectivity index (χ2v) is 7.30. The second kappa shape index (κ2) is 6.45. The van der Waals surface area contributed by atoms with Gasteiger partial charge >= 0.3 is 0 Å². The first kappa shape index (κ1) is 16.8. The van der Waals surface area contributed by atoms with Crippen molar-refractivity contribution in [1.82, 2.24) is 18.9 Å². The summed E-state index contributed by atoms with van der Waals surface area (Å²) in [6, 6.07) is 3.46. The van der Waals surface area contributed by atoms with Crippen LogP contribution in [-0.2, 0) is 16.6 Å². The van der Waals surface area contributed by atoms with Crippen LogP contribution in [-0.4, -0.2) is 24.8 Å². The first-order valence-corrected chi connectivity index (χ1v) is 8.49. The normalized spacial score (nSPS) is 11.8. The van der Waals surface area contributed by atoms with Crippen LogP contribution < -0.4 is 5.32 Å². The fraction of sp³-hybridized carbons (Fsp3) is 0.400. The molecule has 0 unspecified atom stereocenters. The number of carbonyl (C=O) groups is 1. The maximum atomic E-state index is 12.2. The largest absolute Gasteiger partial charge is 0.339 e. The summed E-state index contributed by atoms with van der Waals surface area (Å²) in [5, 5.41) is 7.16. The second-order valence-electron chi connectivity index (χ2n) is 6.36. The number of nitrogens with one attached hydrogen (secondary N) is 1. The summed E-state index contributed by atoms with van der Waals surface area (Å²) in [5.74, 6) is 0.863. The molecule has 7 nitrogen and oxygen atoms in total. The molecule has 2 heterocycles. The van der Waals surface area contributed by atoms with E-state index in [2.05, 4.69) is 24.2 Å². The highest BCUT2D eigenvalue weighted by Gasteiger charge is 2.21. The fourth-order valence-corrected chi connectivity index (χ4v) is 2.77. The van der Waals surface area contributed by atoms with Crippen LogP contribution in [0, 0.1) is 0 Å². The Morgan fingerprint density at radius 1 is 1.33 bits per heavy atom. The van der Waals surface area contributed by atoms with Gasteiger partial charge in [-0.1, -0.05) is 37.5 Å². The number of anilines is 1. The molecular weight excluding hydrogens is 350 g/mol. The van der Waals surface area contributed by atoms with Gasteiger partial charge in [-0.15, -0.1) is 0 Å². The number of nitrogens with zero attached hydrogens (tertiary/aromatic N) is 4. The van der Waals surface area contributed by atoms with Gasteiger partial charge in [-0.05, 0) is 12.1 Å². The highest BCUT2D eigenvalue weighted by Crippen LogP contribution is 2.30. The number of amides is 1. The lowest BCUT2D eigenvalue weighted by molar-refractivity contribution is -0.116. The Morgan fingerprint density at radius 3 is 2.83 bits per heavy atom. The van der Waals surface area contributed by atoms with Gasteiger partial charge in [0.2, 0.25) is 11.8 Å². The van der Waals surface area contributed by atoms with Crippen molar-refractivity contribution in [2.75, 3.05) is 5.32 Å². The van der Waals surface area contributed by atoms with Crippen molar-refractivity contribution in [3.63, 3.8) is 0 Å². The highest BCUT2D eigenvalue weighted by atomic mass is 35.5. The number of fused-ring (bicyclic) bond motifs is 1. The number of rotatable bonds is 4. The summed E-state index contributed by atoms with van der Waals surface area (Å²) in [5.41, 5.74) is 1.58. The van der Waals surface area contributed by atoms with Crippen molar-refractivity contribution in [2.24, 2.45) is 0 Å². The van der Waals surface area contributed by atoms with E-state index >= 15 is 0 Å². The zero-order chi connectivity index (χ0) is 17.3. The van der Waals surface area contributed by atoms with Crippen molar-refractivity contribution in [1.29, 1.82) is 0 Å². The van der Waals surface area contributed by atoms with E-state index in [0.29, 0.717) is 39.9 Å².